The zero-order valence-corrected chi connectivity index (χ0v) is 16.7. The van der Waals surface area contributed by atoms with Gasteiger partial charge in [0.25, 0.3) is 0 Å². The molecule has 2 aromatic heterocycles. The first-order valence-electron chi connectivity index (χ1n) is 9.29. The van der Waals surface area contributed by atoms with Crippen LogP contribution in [0.5, 0.6) is 0 Å². The number of H-pyrrole nitrogens is 1. The van der Waals surface area contributed by atoms with Crippen molar-refractivity contribution in [3.8, 4) is 16.9 Å². The first-order valence-corrected chi connectivity index (χ1v) is 10.8. The molecule has 7 nitrogen and oxygen atoms in total. The van der Waals surface area contributed by atoms with Gasteiger partial charge in [0, 0.05) is 0 Å². The SMILES string of the molecule is CCC(NS(=O)(=O)c1cnn(-c2ccccc2)c1)c1ncc(-c2ccccc2)[nH]1. The van der Waals surface area contributed by atoms with Crippen molar-refractivity contribution >= 4 is 10.0 Å². The fraction of sp³-hybridized carbons (Fsp3) is 0.143. The number of benzene rings is 2. The Morgan fingerprint density at radius 3 is 2.41 bits per heavy atom. The molecule has 148 valence electrons. The molecule has 0 aliphatic rings. The molecule has 0 fully saturated rings. The van der Waals surface area contributed by atoms with E-state index < -0.39 is 16.1 Å². The summed E-state index contributed by atoms with van der Waals surface area (Å²) in [6.07, 6.45) is 5.12. The van der Waals surface area contributed by atoms with Crippen LogP contribution in [0.15, 0.2) is 84.1 Å². The Kier molecular flexibility index (Phi) is 5.28. The number of hydrogen-bond donors (Lipinski definition) is 2. The van der Waals surface area contributed by atoms with Crippen molar-refractivity contribution in [3.05, 3.63) is 85.1 Å². The summed E-state index contributed by atoms with van der Waals surface area (Å²) < 4.78 is 30.0. The monoisotopic (exact) mass is 407 g/mol. The fourth-order valence-corrected chi connectivity index (χ4v) is 4.25. The lowest BCUT2D eigenvalue weighted by atomic mass is 10.2. The number of imidazole rings is 1. The summed E-state index contributed by atoms with van der Waals surface area (Å²) in [5.41, 5.74) is 2.63. The summed E-state index contributed by atoms with van der Waals surface area (Å²) in [6, 6.07) is 18.7. The maximum absolute atomic E-state index is 12.9. The minimum absolute atomic E-state index is 0.106. The Morgan fingerprint density at radius 1 is 1.03 bits per heavy atom. The van der Waals surface area contributed by atoms with E-state index in [4.69, 9.17) is 0 Å². The number of nitrogens with one attached hydrogen (secondary N) is 2. The van der Waals surface area contributed by atoms with Crippen LogP contribution < -0.4 is 4.72 Å². The smallest absolute Gasteiger partial charge is 0.244 e. The summed E-state index contributed by atoms with van der Waals surface area (Å²) in [5.74, 6) is 0.574. The topological polar surface area (TPSA) is 92.7 Å². The maximum Gasteiger partial charge on any atom is 0.244 e. The molecule has 0 radical (unpaired) electrons. The van der Waals surface area contributed by atoms with E-state index in [1.54, 1.807) is 6.20 Å². The van der Waals surface area contributed by atoms with E-state index >= 15 is 0 Å². The number of aromatic nitrogens is 4. The standard InChI is InChI=1S/C21H21N5O2S/c1-2-19(21-22-14-20(24-21)16-9-5-3-6-10-16)25-29(27,28)18-13-23-26(15-18)17-11-7-4-8-12-17/h3-15,19,25H,2H2,1H3,(H,22,24). The average Bonchev–Trinajstić information content (AvgIpc) is 3.44. The molecule has 1 atom stereocenters. The van der Waals surface area contributed by atoms with E-state index in [2.05, 4.69) is 19.8 Å². The maximum atomic E-state index is 12.9. The molecule has 2 N–H and O–H groups in total. The van der Waals surface area contributed by atoms with Crippen LogP contribution in [0, 0.1) is 0 Å². The van der Waals surface area contributed by atoms with Gasteiger partial charge in [-0.05, 0) is 24.1 Å². The van der Waals surface area contributed by atoms with E-state index in [0.717, 1.165) is 16.9 Å². The van der Waals surface area contributed by atoms with Gasteiger partial charge in [0.1, 0.15) is 10.7 Å². The Hall–Kier alpha value is -3.23. The molecule has 29 heavy (non-hydrogen) atoms. The Bertz CT molecular complexity index is 1180. The molecule has 1 unspecified atom stereocenters. The quantitative estimate of drug-likeness (QED) is 0.489. The lowest BCUT2D eigenvalue weighted by molar-refractivity contribution is 0.539. The van der Waals surface area contributed by atoms with Gasteiger partial charge in [-0.3, -0.25) is 0 Å². The van der Waals surface area contributed by atoms with Gasteiger partial charge in [-0.25, -0.2) is 22.8 Å². The van der Waals surface area contributed by atoms with Crippen molar-refractivity contribution in [1.29, 1.82) is 0 Å². The molecular formula is C21H21N5O2S. The van der Waals surface area contributed by atoms with E-state index in [9.17, 15) is 8.42 Å². The molecule has 0 amide bonds. The molecule has 0 aliphatic carbocycles. The fourth-order valence-electron chi connectivity index (χ4n) is 3.03. The summed E-state index contributed by atoms with van der Waals surface area (Å²) in [4.78, 5) is 7.72. The third kappa shape index (κ3) is 4.13. The van der Waals surface area contributed by atoms with E-state index in [1.165, 1.54) is 17.1 Å². The number of sulfonamides is 1. The first-order chi connectivity index (χ1) is 14.1. The number of nitrogens with zero attached hydrogens (tertiary/aromatic N) is 3. The molecule has 2 heterocycles. The third-order valence-corrected chi connectivity index (χ3v) is 6.03. The van der Waals surface area contributed by atoms with Crippen molar-refractivity contribution < 1.29 is 8.42 Å². The van der Waals surface area contributed by atoms with Crippen LogP contribution in [-0.4, -0.2) is 28.2 Å². The Morgan fingerprint density at radius 2 is 1.72 bits per heavy atom. The summed E-state index contributed by atoms with van der Waals surface area (Å²) in [7, 11) is -3.76. The normalized spacial score (nSPS) is 12.7. The first kappa shape index (κ1) is 19.1. The van der Waals surface area contributed by atoms with Gasteiger partial charge in [-0.1, -0.05) is 55.5 Å². The highest BCUT2D eigenvalue weighted by Crippen LogP contribution is 2.22. The van der Waals surface area contributed by atoms with E-state index in [1.807, 2.05) is 67.6 Å². The summed E-state index contributed by atoms with van der Waals surface area (Å²) >= 11 is 0. The minimum atomic E-state index is -3.76. The third-order valence-electron chi connectivity index (χ3n) is 4.61. The van der Waals surface area contributed by atoms with Crippen LogP contribution >= 0.6 is 0 Å². The van der Waals surface area contributed by atoms with Crippen molar-refractivity contribution in [2.75, 3.05) is 0 Å². The van der Waals surface area contributed by atoms with Crippen LogP contribution in [0.1, 0.15) is 25.2 Å². The van der Waals surface area contributed by atoms with Gasteiger partial charge in [0.2, 0.25) is 10.0 Å². The highest BCUT2D eigenvalue weighted by Gasteiger charge is 2.24. The second-order valence-electron chi connectivity index (χ2n) is 6.59. The average molecular weight is 407 g/mol. The van der Waals surface area contributed by atoms with Gasteiger partial charge in [-0.15, -0.1) is 0 Å². The molecule has 0 aliphatic heterocycles. The molecule has 0 saturated carbocycles. The van der Waals surface area contributed by atoms with E-state index in [0.29, 0.717) is 12.2 Å². The van der Waals surface area contributed by atoms with Crippen LogP contribution in [0.25, 0.3) is 16.9 Å². The molecule has 4 aromatic rings. The zero-order chi connectivity index (χ0) is 20.3. The van der Waals surface area contributed by atoms with Gasteiger partial charge in [-0.2, -0.15) is 5.10 Å². The highest BCUT2D eigenvalue weighted by atomic mass is 32.2. The molecule has 4 rings (SSSR count). The molecule has 0 spiro atoms. The molecule has 0 saturated heterocycles. The molecule has 2 aromatic carbocycles. The second-order valence-corrected chi connectivity index (χ2v) is 8.30. The zero-order valence-electron chi connectivity index (χ0n) is 15.9. The van der Waals surface area contributed by atoms with Crippen LogP contribution in [-0.2, 0) is 10.0 Å². The summed E-state index contributed by atoms with van der Waals surface area (Å²) in [6.45, 7) is 1.91. The van der Waals surface area contributed by atoms with Crippen LogP contribution in [0.3, 0.4) is 0 Å². The predicted molar refractivity (Wildman–Crippen MR) is 111 cm³/mol. The summed E-state index contributed by atoms with van der Waals surface area (Å²) in [5, 5.41) is 4.18. The van der Waals surface area contributed by atoms with Gasteiger partial charge >= 0.3 is 0 Å². The van der Waals surface area contributed by atoms with Crippen molar-refractivity contribution in [2.24, 2.45) is 0 Å². The number of aromatic amines is 1. The Balaban J connectivity index is 1.55. The number of hydrogen-bond acceptors (Lipinski definition) is 4. The van der Waals surface area contributed by atoms with Crippen molar-refractivity contribution in [3.63, 3.8) is 0 Å². The van der Waals surface area contributed by atoms with E-state index in [-0.39, 0.29) is 4.90 Å². The molecular weight excluding hydrogens is 386 g/mol. The Labute approximate surface area is 169 Å². The highest BCUT2D eigenvalue weighted by molar-refractivity contribution is 7.89. The van der Waals surface area contributed by atoms with Crippen LogP contribution in [0.2, 0.25) is 0 Å². The lowest BCUT2D eigenvalue weighted by Crippen LogP contribution is -2.28. The van der Waals surface area contributed by atoms with Crippen LogP contribution in [0.4, 0.5) is 0 Å². The van der Waals surface area contributed by atoms with Gasteiger partial charge < -0.3 is 4.98 Å². The largest absolute Gasteiger partial charge is 0.341 e. The molecule has 0 bridgehead atoms. The van der Waals surface area contributed by atoms with Gasteiger partial charge in [0.05, 0.1) is 36.0 Å². The number of rotatable bonds is 7. The predicted octanol–water partition coefficient (Wildman–Crippen LogP) is 3.69. The van der Waals surface area contributed by atoms with Crippen molar-refractivity contribution in [1.82, 2.24) is 24.5 Å². The lowest BCUT2D eigenvalue weighted by Gasteiger charge is -2.14. The second kappa shape index (κ2) is 8.02. The van der Waals surface area contributed by atoms with Gasteiger partial charge in [0.15, 0.2) is 0 Å². The molecule has 8 heteroatoms. The number of para-hydroxylation sites is 1. The van der Waals surface area contributed by atoms with Crippen molar-refractivity contribution in [2.45, 2.75) is 24.3 Å². The minimum Gasteiger partial charge on any atom is -0.341 e.